The van der Waals surface area contributed by atoms with Crippen molar-refractivity contribution in [1.29, 1.82) is 0 Å². The summed E-state index contributed by atoms with van der Waals surface area (Å²) in [5.41, 5.74) is 10.8. The number of nitrogens with one attached hydrogen (secondary N) is 1. The summed E-state index contributed by atoms with van der Waals surface area (Å²) in [6.45, 7) is 4.88. The Labute approximate surface area is 241 Å². The molecular weight excluding hydrogens is 528 g/mol. The van der Waals surface area contributed by atoms with E-state index in [0.29, 0.717) is 18.1 Å². The van der Waals surface area contributed by atoms with Gasteiger partial charge in [0.05, 0.1) is 21.7 Å². The fourth-order valence-corrected chi connectivity index (χ4v) is 5.78. The second kappa shape index (κ2) is 10.8. The number of aromatic nitrogens is 5. The lowest BCUT2D eigenvalue weighted by molar-refractivity contribution is 0.0605. The number of hydroxylamine groups is 1. The minimum absolute atomic E-state index is 0.171. The Bertz CT molecular complexity index is 1950. The summed E-state index contributed by atoms with van der Waals surface area (Å²) in [4.78, 5) is 16.6. The molecule has 8 heteroatoms. The smallest absolute Gasteiger partial charge is 0.180 e. The van der Waals surface area contributed by atoms with Crippen LogP contribution in [-0.4, -0.2) is 24.1 Å². The second-order valence-corrected chi connectivity index (χ2v) is 10.6. The van der Waals surface area contributed by atoms with Gasteiger partial charge in [0.2, 0.25) is 0 Å². The molecule has 0 amide bonds. The number of nitrogens with zero attached hydrogens (tertiary/aromatic N) is 5. The maximum atomic E-state index is 5.73. The Kier molecular flexibility index (Phi) is 6.60. The number of fused-ring (bicyclic) bond motifs is 3. The molecule has 0 bridgehead atoms. The molecule has 0 saturated heterocycles. The molecule has 0 saturated carbocycles. The van der Waals surface area contributed by atoms with E-state index in [2.05, 4.69) is 89.4 Å². The molecule has 0 unspecified atom stereocenters. The van der Waals surface area contributed by atoms with Gasteiger partial charge in [0.25, 0.3) is 0 Å². The molecular formula is C33H26N6OS. The zero-order valence-corrected chi connectivity index (χ0v) is 23.0. The van der Waals surface area contributed by atoms with Crippen molar-refractivity contribution in [1.82, 2.24) is 29.6 Å². The number of hydrogen-bond donors (Lipinski definition) is 1. The van der Waals surface area contributed by atoms with Crippen LogP contribution in [0.15, 0.2) is 121 Å². The summed E-state index contributed by atoms with van der Waals surface area (Å²) in [7, 11) is 0. The monoisotopic (exact) mass is 554 g/mol. The van der Waals surface area contributed by atoms with Crippen LogP contribution in [0.2, 0.25) is 0 Å². The molecule has 0 fully saturated rings. The lowest BCUT2D eigenvalue weighted by atomic mass is 9.99. The van der Waals surface area contributed by atoms with Crippen molar-refractivity contribution >= 4 is 33.7 Å². The highest BCUT2D eigenvalue weighted by atomic mass is 32.1. The minimum atomic E-state index is 0.171. The largest absolute Gasteiger partial charge is 0.320 e. The third kappa shape index (κ3) is 4.80. The highest BCUT2D eigenvalue weighted by Gasteiger charge is 2.25. The molecule has 3 aromatic carbocycles. The van der Waals surface area contributed by atoms with Gasteiger partial charge in [-0.05, 0) is 28.1 Å². The van der Waals surface area contributed by atoms with E-state index in [-0.39, 0.29) is 6.61 Å². The Morgan fingerprint density at radius 2 is 1.54 bits per heavy atom. The van der Waals surface area contributed by atoms with Crippen LogP contribution in [0.3, 0.4) is 0 Å². The van der Waals surface area contributed by atoms with Crippen molar-refractivity contribution in [2.24, 2.45) is 0 Å². The SMILES string of the molecule is C=C(NOCc1nc2c3c(-c4ccccc4)c(-c4ccccc4)n(Cc4ccccc4)c3ncn2n1)c1cccs1. The van der Waals surface area contributed by atoms with Crippen LogP contribution < -0.4 is 5.48 Å². The zero-order valence-electron chi connectivity index (χ0n) is 22.1. The van der Waals surface area contributed by atoms with Crippen LogP contribution in [0.1, 0.15) is 16.3 Å². The quantitative estimate of drug-likeness (QED) is 0.191. The first-order valence-corrected chi connectivity index (χ1v) is 14.2. The standard InChI is InChI=1S/C33H26N6OS/c1-23(27-18-11-19-41-27)37-40-21-28-35-33-30-29(25-14-7-3-8-15-25)31(26-16-9-4-10-17-26)38(20-24-12-5-2-6-13-24)32(30)34-22-39(33)36-28/h2-19,22,37H,1,20-21H2. The Morgan fingerprint density at radius 3 is 2.24 bits per heavy atom. The average molecular weight is 555 g/mol. The number of thiophene rings is 1. The van der Waals surface area contributed by atoms with Crippen molar-refractivity contribution in [3.05, 3.63) is 138 Å². The third-order valence-corrected chi connectivity index (χ3v) is 7.86. The molecule has 7 rings (SSSR count). The van der Waals surface area contributed by atoms with Crippen molar-refractivity contribution in [2.45, 2.75) is 13.2 Å². The summed E-state index contributed by atoms with van der Waals surface area (Å²) in [6, 6.07) is 35.3. The van der Waals surface area contributed by atoms with Crippen LogP contribution in [0.5, 0.6) is 0 Å². The molecule has 41 heavy (non-hydrogen) atoms. The minimum Gasteiger partial charge on any atom is -0.320 e. The van der Waals surface area contributed by atoms with Gasteiger partial charge in [0.15, 0.2) is 11.5 Å². The van der Waals surface area contributed by atoms with Crippen LogP contribution in [0, 0.1) is 0 Å². The first-order valence-electron chi connectivity index (χ1n) is 13.3. The van der Waals surface area contributed by atoms with Gasteiger partial charge in [-0.3, -0.25) is 10.3 Å². The van der Waals surface area contributed by atoms with Gasteiger partial charge in [-0.1, -0.05) is 104 Å². The molecule has 0 aliphatic heterocycles. The molecule has 200 valence electrons. The highest BCUT2D eigenvalue weighted by Crippen LogP contribution is 2.42. The number of rotatable bonds is 9. The van der Waals surface area contributed by atoms with Crippen molar-refractivity contribution in [3.63, 3.8) is 0 Å². The Hall–Kier alpha value is -5.05. The summed E-state index contributed by atoms with van der Waals surface area (Å²) >= 11 is 1.60. The van der Waals surface area contributed by atoms with Gasteiger partial charge in [-0.25, -0.2) is 14.5 Å². The maximum Gasteiger partial charge on any atom is 0.180 e. The molecule has 4 aromatic heterocycles. The molecule has 0 aliphatic carbocycles. The predicted molar refractivity (Wildman–Crippen MR) is 164 cm³/mol. The van der Waals surface area contributed by atoms with E-state index in [1.165, 1.54) is 5.56 Å². The van der Waals surface area contributed by atoms with Gasteiger partial charge in [-0.2, -0.15) is 0 Å². The number of benzene rings is 3. The first kappa shape index (κ1) is 25.0. The highest BCUT2D eigenvalue weighted by molar-refractivity contribution is 7.11. The van der Waals surface area contributed by atoms with Crippen molar-refractivity contribution in [3.8, 4) is 22.4 Å². The van der Waals surface area contributed by atoms with E-state index < -0.39 is 0 Å². The van der Waals surface area contributed by atoms with E-state index in [4.69, 9.17) is 19.9 Å². The van der Waals surface area contributed by atoms with E-state index in [1.807, 2.05) is 35.7 Å². The lowest BCUT2D eigenvalue weighted by Gasteiger charge is -2.13. The van der Waals surface area contributed by atoms with Crippen molar-refractivity contribution in [2.75, 3.05) is 0 Å². The molecule has 0 spiro atoms. The molecule has 1 N–H and O–H groups in total. The van der Waals surface area contributed by atoms with Crippen molar-refractivity contribution < 1.29 is 4.84 Å². The first-order chi connectivity index (χ1) is 20.3. The molecule has 7 aromatic rings. The fourth-order valence-electron chi connectivity index (χ4n) is 5.13. The molecule has 0 atom stereocenters. The zero-order chi connectivity index (χ0) is 27.6. The van der Waals surface area contributed by atoms with Gasteiger partial charge < -0.3 is 4.57 Å². The summed E-state index contributed by atoms with van der Waals surface area (Å²) < 4.78 is 4.03. The summed E-state index contributed by atoms with van der Waals surface area (Å²) in [5.74, 6) is 0.543. The maximum absolute atomic E-state index is 5.73. The molecule has 0 radical (unpaired) electrons. The fraction of sp³-hybridized carbons (Fsp3) is 0.0606. The lowest BCUT2D eigenvalue weighted by Crippen LogP contribution is -2.12. The van der Waals surface area contributed by atoms with Crippen LogP contribution in [0.4, 0.5) is 0 Å². The van der Waals surface area contributed by atoms with Gasteiger partial charge >= 0.3 is 0 Å². The van der Waals surface area contributed by atoms with E-state index in [0.717, 1.165) is 43.9 Å². The van der Waals surface area contributed by atoms with Gasteiger partial charge in [-0.15, -0.1) is 16.4 Å². The molecule has 7 nitrogen and oxygen atoms in total. The topological polar surface area (TPSA) is 69.3 Å². The predicted octanol–water partition coefficient (Wildman–Crippen LogP) is 7.21. The summed E-state index contributed by atoms with van der Waals surface area (Å²) in [6.07, 6.45) is 1.73. The Balaban J connectivity index is 1.39. The van der Waals surface area contributed by atoms with Crippen LogP contribution in [0.25, 0.3) is 44.8 Å². The van der Waals surface area contributed by atoms with Crippen LogP contribution in [-0.2, 0) is 18.0 Å². The third-order valence-electron chi connectivity index (χ3n) is 6.93. The molecule has 0 aliphatic rings. The number of hydrogen-bond acceptors (Lipinski definition) is 6. The van der Waals surface area contributed by atoms with E-state index >= 15 is 0 Å². The molecule has 4 heterocycles. The van der Waals surface area contributed by atoms with Gasteiger partial charge in [0, 0.05) is 12.1 Å². The average Bonchev–Trinajstić information content (AvgIpc) is 3.77. The second-order valence-electron chi connectivity index (χ2n) is 9.61. The van der Waals surface area contributed by atoms with Crippen LogP contribution >= 0.6 is 11.3 Å². The Morgan fingerprint density at radius 1 is 0.829 bits per heavy atom. The normalized spacial score (nSPS) is 11.3. The van der Waals surface area contributed by atoms with E-state index in [9.17, 15) is 0 Å². The van der Waals surface area contributed by atoms with Gasteiger partial charge in [0.1, 0.15) is 18.6 Å². The van der Waals surface area contributed by atoms with E-state index in [1.54, 1.807) is 22.2 Å². The summed E-state index contributed by atoms with van der Waals surface area (Å²) in [5, 5.41) is 7.64.